The van der Waals surface area contributed by atoms with E-state index < -0.39 is 6.61 Å². The van der Waals surface area contributed by atoms with Crippen molar-refractivity contribution < 1.29 is 32.5 Å². The van der Waals surface area contributed by atoms with E-state index >= 15 is 0 Å². The number of aromatic nitrogens is 1. The Bertz CT molecular complexity index is 1140. The Morgan fingerprint density at radius 3 is 2.46 bits per heavy atom. The molecule has 9 heteroatoms. The van der Waals surface area contributed by atoms with Crippen LogP contribution in [0.3, 0.4) is 0 Å². The number of carbonyl (C=O) groups is 1. The molecular formula is C26H26F2N2O5. The molecule has 0 saturated carbocycles. The van der Waals surface area contributed by atoms with Gasteiger partial charge in [0.2, 0.25) is 5.91 Å². The smallest absolute Gasteiger partial charge is 0.387 e. The Labute approximate surface area is 202 Å². The van der Waals surface area contributed by atoms with Gasteiger partial charge in [0, 0.05) is 25.0 Å². The van der Waals surface area contributed by atoms with Crippen LogP contribution >= 0.6 is 0 Å². The molecule has 7 nitrogen and oxygen atoms in total. The second-order valence-electron chi connectivity index (χ2n) is 7.20. The van der Waals surface area contributed by atoms with Crippen molar-refractivity contribution in [2.24, 2.45) is 0 Å². The lowest BCUT2D eigenvalue weighted by atomic mass is 10.1. The molecule has 0 saturated heterocycles. The second-order valence-corrected chi connectivity index (χ2v) is 7.20. The first-order chi connectivity index (χ1) is 17.0. The van der Waals surface area contributed by atoms with Gasteiger partial charge in [-0.1, -0.05) is 12.1 Å². The number of rotatable bonds is 12. The number of alkyl halides is 2. The lowest BCUT2D eigenvalue weighted by Gasteiger charge is -2.12. The maximum atomic E-state index is 12.5. The van der Waals surface area contributed by atoms with E-state index in [1.54, 1.807) is 50.7 Å². The average Bonchev–Trinajstić information content (AvgIpc) is 2.87. The molecule has 0 aliphatic carbocycles. The average molecular weight is 484 g/mol. The quantitative estimate of drug-likeness (QED) is 0.365. The van der Waals surface area contributed by atoms with Gasteiger partial charge >= 0.3 is 6.61 Å². The van der Waals surface area contributed by atoms with E-state index in [2.05, 4.69) is 15.0 Å². The van der Waals surface area contributed by atoms with E-state index in [1.807, 2.05) is 18.2 Å². The highest BCUT2D eigenvalue weighted by atomic mass is 19.3. The van der Waals surface area contributed by atoms with Crippen molar-refractivity contribution in [3.63, 3.8) is 0 Å². The molecule has 184 valence electrons. The van der Waals surface area contributed by atoms with Gasteiger partial charge in [-0.25, -0.2) is 0 Å². The predicted octanol–water partition coefficient (Wildman–Crippen LogP) is 5.00. The van der Waals surface area contributed by atoms with Crippen LogP contribution in [0.5, 0.6) is 23.0 Å². The highest BCUT2D eigenvalue weighted by Crippen LogP contribution is 2.31. The van der Waals surface area contributed by atoms with Crippen LogP contribution in [-0.2, 0) is 17.9 Å². The number of carbonyl (C=O) groups excluding carboxylic acids is 1. The minimum Gasteiger partial charge on any atom is -0.493 e. The normalized spacial score (nSPS) is 10.9. The molecule has 35 heavy (non-hydrogen) atoms. The number of halogens is 2. The first kappa shape index (κ1) is 25.5. The SMILES string of the molecule is CCOc1cc(C=CC(=O)NCc2ccc(OCc3ccncc3)c(OC)c2)ccc1OC(F)F. The van der Waals surface area contributed by atoms with Gasteiger partial charge in [-0.3, -0.25) is 9.78 Å². The van der Waals surface area contributed by atoms with Crippen molar-refractivity contribution in [2.75, 3.05) is 13.7 Å². The van der Waals surface area contributed by atoms with Gasteiger partial charge in [-0.05, 0) is 66.1 Å². The van der Waals surface area contributed by atoms with E-state index in [0.717, 1.165) is 11.1 Å². The summed E-state index contributed by atoms with van der Waals surface area (Å²) in [5.41, 5.74) is 2.41. The van der Waals surface area contributed by atoms with Crippen LogP contribution in [0.15, 0.2) is 67.0 Å². The minimum atomic E-state index is -2.96. The first-order valence-electron chi connectivity index (χ1n) is 10.8. The summed E-state index contributed by atoms with van der Waals surface area (Å²) in [6, 6.07) is 13.6. The number of nitrogens with one attached hydrogen (secondary N) is 1. The minimum absolute atomic E-state index is 0.0643. The summed E-state index contributed by atoms with van der Waals surface area (Å²) in [5.74, 6) is 0.923. The van der Waals surface area contributed by atoms with Gasteiger partial charge < -0.3 is 24.3 Å². The summed E-state index contributed by atoms with van der Waals surface area (Å²) in [6.45, 7) is -0.293. The lowest BCUT2D eigenvalue weighted by molar-refractivity contribution is -0.116. The fourth-order valence-electron chi connectivity index (χ4n) is 3.09. The summed E-state index contributed by atoms with van der Waals surface area (Å²) >= 11 is 0. The number of amides is 1. The Morgan fingerprint density at radius 2 is 1.74 bits per heavy atom. The molecule has 0 unspecified atom stereocenters. The number of methoxy groups -OCH3 is 1. The summed E-state index contributed by atoms with van der Waals surface area (Å²) < 4.78 is 46.1. The Kier molecular flexibility index (Phi) is 9.41. The molecule has 1 N–H and O–H groups in total. The number of ether oxygens (including phenoxy) is 4. The molecule has 3 rings (SSSR count). The summed E-state index contributed by atoms with van der Waals surface area (Å²) in [6.07, 6.45) is 6.30. The van der Waals surface area contributed by atoms with Gasteiger partial charge in [-0.15, -0.1) is 0 Å². The van der Waals surface area contributed by atoms with Crippen molar-refractivity contribution in [3.05, 3.63) is 83.7 Å². The first-order valence-corrected chi connectivity index (χ1v) is 10.8. The Hall–Kier alpha value is -4.14. The van der Waals surface area contributed by atoms with E-state index in [0.29, 0.717) is 23.7 Å². The number of hydrogen-bond acceptors (Lipinski definition) is 6. The summed E-state index contributed by atoms with van der Waals surface area (Å²) in [7, 11) is 1.55. The molecule has 0 radical (unpaired) electrons. The molecule has 3 aromatic rings. The van der Waals surface area contributed by atoms with Crippen LogP contribution in [0.25, 0.3) is 6.08 Å². The number of benzene rings is 2. The Balaban J connectivity index is 1.57. The van der Waals surface area contributed by atoms with Gasteiger partial charge in [0.1, 0.15) is 6.61 Å². The molecule has 0 bridgehead atoms. The molecule has 1 aromatic heterocycles. The van der Waals surface area contributed by atoms with Crippen LogP contribution in [0.4, 0.5) is 8.78 Å². The second kappa shape index (κ2) is 12.9. The highest BCUT2D eigenvalue weighted by Gasteiger charge is 2.11. The van der Waals surface area contributed by atoms with Crippen molar-refractivity contribution >= 4 is 12.0 Å². The third kappa shape index (κ3) is 7.99. The predicted molar refractivity (Wildman–Crippen MR) is 127 cm³/mol. The van der Waals surface area contributed by atoms with Gasteiger partial charge in [0.25, 0.3) is 0 Å². The molecule has 1 heterocycles. The lowest BCUT2D eigenvalue weighted by Crippen LogP contribution is -2.20. The number of hydrogen-bond donors (Lipinski definition) is 1. The zero-order chi connectivity index (χ0) is 25.0. The molecule has 2 aromatic carbocycles. The maximum absolute atomic E-state index is 12.5. The summed E-state index contributed by atoms with van der Waals surface area (Å²) in [4.78, 5) is 16.3. The number of nitrogens with zero attached hydrogens (tertiary/aromatic N) is 1. The monoisotopic (exact) mass is 484 g/mol. The zero-order valence-electron chi connectivity index (χ0n) is 19.4. The van der Waals surface area contributed by atoms with Crippen LogP contribution in [0, 0.1) is 0 Å². The topological polar surface area (TPSA) is 78.9 Å². The molecule has 0 aliphatic heterocycles. The van der Waals surface area contributed by atoms with E-state index in [9.17, 15) is 13.6 Å². The summed E-state index contributed by atoms with van der Waals surface area (Å²) in [5, 5.41) is 2.79. The fraction of sp³-hybridized carbons (Fsp3) is 0.231. The third-order valence-electron chi connectivity index (χ3n) is 4.75. The fourth-order valence-corrected chi connectivity index (χ4v) is 3.09. The largest absolute Gasteiger partial charge is 0.493 e. The van der Waals surface area contributed by atoms with Crippen molar-refractivity contribution in [3.8, 4) is 23.0 Å². The Morgan fingerprint density at radius 1 is 0.971 bits per heavy atom. The van der Waals surface area contributed by atoms with Crippen LogP contribution in [0.1, 0.15) is 23.6 Å². The van der Waals surface area contributed by atoms with Crippen molar-refractivity contribution in [2.45, 2.75) is 26.7 Å². The van der Waals surface area contributed by atoms with Crippen LogP contribution in [-0.4, -0.2) is 31.2 Å². The standard InChI is InChI=1S/C26H26F2N2O5/c1-3-33-24-14-18(4-8-22(24)35-26(27)28)6-9-25(31)30-16-20-5-7-21(23(15-20)32-2)34-17-19-10-12-29-13-11-19/h4-15,26H,3,16-17H2,1-2H3,(H,30,31). The zero-order valence-corrected chi connectivity index (χ0v) is 19.4. The van der Waals surface area contributed by atoms with Crippen molar-refractivity contribution in [1.29, 1.82) is 0 Å². The molecule has 1 amide bonds. The van der Waals surface area contributed by atoms with Gasteiger partial charge in [-0.2, -0.15) is 8.78 Å². The molecular weight excluding hydrogens is 458 g/mol. The highest BCUT2D eigenvalue weighted by molar-refractivity contribution is 5.91. The van der Waals surface area contributed by atoms with Crippen LogP contribution < -0.4 is 24.3 Å². The molecule has 0 atom stereocenters. The van der Waals surface area contributed by atoms with E-state index in [4.69, 9.17) is 14.2 Å². The third-order valence-corrected chi connectivity index (χ3v) is 4.75. The maximum Gasteiger partial charge on any atom is 0.387 e. The van der Waals surface area contributed by atoms with Crippen LogP contribution in [0.2, 0.25) is 0 Å². The van der Waals surface area contributed by atoms with E-state index in [1.165, 1.54) is 18.2 Å². The van der Waals surface area contributed by atoms with Gasteiger partial charge in [0.05, 0.1) is 13.7 Å². The van der Waals surface area contributed by atoms with E-state index in [-0.39, 0.29) is 30.6 Å². The number of pyridine rings is 1. The molecule has 0 aliphatic rings. The molecule has 0 spiro atoms. The molecule has 0 fully saturated rings. The van der Waals surface area contributed by atoms with Crippen molar-refractivity contribution in [1.82, 2.24) is 10.3 Å². The van der Waals surface area contributed by atoms with Gasteiger partial charge in [0.15, 0.2) is 23.0 Å².